The normalized spacial score (nSPS) is 11.5. The maximum atomic E-state index is 13.4. The monoisotopic (exact) mass is 466 g/mol. The summed E-state index contributed by atoms with van der Waals surface area (Å²) >= 11 is 6.02. The van der Waals surface area contributed by atoms with Gasteiger partial charge in [-0.15, -0.1) is 0 Å². The fraction of sp³-hybridized carbons (Fsp3) is 0.231. The Labute approximate surface area is 198 Å². The minimum Gasteiger partial charge on any atom is -0.484 e. The SMILES string of the molecule is O=C(NCCCO)C(c1ccccc1)N(Cc1ccc(Cl)cc1)C(=O)COc1ccccc1. The quantitative estimate of drug-likeness (QED) is 0.419. The van der Waals surface area contributed by atoms with Crippen LogP contribution in [0.15, 0.2) is 84.9 Å². The van der Waals surface area contributed by atoms with E-state index in [0.717, 1.165) is 5.56 Å². The maximum Gasteiger partial charge on any atom is 0.261 e. The average molecular weight is 467 g/mol. The Morgan fingerprint density at radius 1 is 0.939 bits per heavy atom. The van der Waals surface area contributed by atoms with E-state index in [0.29, 0.717) is 29.3 Å². The topological polar surface area (TPSA) is 78.9 Å². The van der Waals surface area contributed by atoms with Crippen LogP contribution in [-0.4, -0.2) is 41.6 Å². The lowest BCUT2D eigenvalue weighted by atomic mass is 10.0. The molecule has 2 amide bonds. The zero-order valence-corrected chi connectivity index (χ0v) is 18.9. The molecule has 7 heteroatoms. The number of nitrogens with zero attached hydrogens (tertiary/aromatic N) is 1. The molecule has 1 unspecified atom stereocenters. The van der Waals surface area contributed by atoms with Crippen LogP contribution in [0.4, 0.5) is 0 Å². The van der Waals surface area contributed by atoms with Gasteiger partial charge in [0.1, 0.15) is 11.8 Å². The minimum absolute atomic E-state index is 0.0331. The van der Waals surface area contributed by atoms with Gasteiger partial charge in [-0.2, -0.15) is 0 Å². The minimum atomic E-state index is -0.868. The molecule has 0 radical (unpaired) electrons. The third-order valence-corrected chi connectivity index (χ3v) is 5.25. The third kappa shape index (κ3) is 7.34. The second-order valence-electron chi connectivity index (χ2n) is 7.43. The van der Waals surface area contributed by atoms with Crippen LogP contribution in [0.2, 0.25) is 5.02 Å². The molecule has 33 heavy (non-hydrogen) atoms. The second-order valence-corrected chi connectivity index (χ2v) is 7.87. The molecule has 0 heterocycles. The van der Waals surface area contributed by atoms with Gasteiger partial charge in [0.05, 0.1) is 0 Å². The molecule has 0 saturated carbocycles. The van der Waals surface area contributed by atoms with Crippen LogP contribution in [-0.2, 0) is 16.1 Å². The van der Waals surface area contributed by atoms with Crippen LogP contribution in [0.25, 0.3) is 0 Å². The first-order valence-corrected chi connectivity index (χ1v) is 11.1. The van der Waals surface area contributed by atoms with E-state index in [9.17, 15) is 9.59 Å². The van der Waals surface area contributed by atoms with Crippen molar-refractivity contribution in [2.45, 2.75) is 19.0 Å². The molecular weight excluding hydrogens is 440 g/mol. The lowest BCUT2D eigenvalue weighted by Gasteiger charge is -2.31. The summed E-state index contributed by atoms with van der Waals surface area (Å²) in [6, 6.07) is 24.5. The summed E-state index contributed by atoms with van der Waals surface area (Å²) in [5.74, 6) is -0.0856. The number of carbonyl (C=O) groups is 2. The summed E-state index contributed by atoms with van der Waals surface area (Å²) < 4.78 is 5.69. The smallest absolute Gasteiger partial charge is 0.261 e. The van der Waals surface area contributed by atoms with Gasteiger partial charge in [-0.25, -0.2) is 0 Å². The van der Waals surface area contributed by atoms with Crippen molar-refractivity contribution >= 4 is 23.4 Å². The number of ether oxygens (including phenoxy) is 1. The molecule has 0 saturated heterocycles. The van der Waals surface area contributed by atoms with E-state index in [1.807, 2.05) is 60.7 Å². The first-order chi connectivity index (χ1) is 16.1. The molecule has 0 aliphatic carbocycles. The maximum absolute atomic E-state index is 13.4. The first-order valence-electron chi connectivity index (χ1n) is 10.7. The van der Waals surface area contributed by atoms with E-state index in [-0.39, 0.29) is 31.6 Å². The molecule has 0 aliphatic rings. The molecular formula is C26H27ClN2O4. The summed E-state index contributed by atoms with van der Waals surface area (Å²) in [5.41, 5.74) is 1.51. The van der Waals surface area contributed by atoms with Crippen LogP contribution < -0.4 is 10.1 Å². The standard InChI is InChI=1S/C26H27ClN2O4/c27-22-14-12-20(13-15-22)18-29(24(31)19-33-23-10-5-2-6-11-23)25(21-8-3-1-4-9-21)26(32)28-16-7-17-30/h1-6,8-15,25,30H,7,16-19H2,(H,28,32). The van der Waals surface area contributed by atoms with Crippen molar-refractivity contribution in [2.75, 3.05) is 19.8 Å². The number of para-hydroxylation sites is 1. The number of aliphatic hydroxyl groups is 1. The Balaban J connectivity index is 1.90. The van der Waals surface area contributed by atoms with Crippen LogP contribution >= 0.6 is 11.6 Å². The zero-order valence-electron chi connectivity index (χ0n) is 18.2. The zero-order chi connectivity index (χ0) is 23.5. The molecule has 0 aliphatic heterocycles. The van der Waals surface area contributed by atoms with Crippen molar-refractivity contribution in [2.24, 2.45) is 0 Å². The number of halogens is 1. The van der Waals surface area contributed by atoms with E-state index in [1.165, 1.54) is 4.90 Å². The number of carbonyl (C=O) groups excluding carboxylic acids is 2. The van der Waals surface area contributed by atoms with Crippen molar-refractivity contribution in [3.8, 4) is 5.75 Å². The molecule has 0 fully saturated rings. The molecule has 0 spiro atoms. The highest BCUT2D eigenvalue weighted by molar-refractivity contribution is 6.30. The molecule has 1 atom stereocenters. The highest BCUT2D eigenvalue weighted by Crippen LogP contribution is 2.25. The summed E-state index contributed by atoms with van der Waals surface area (Å²) in [4.78, 5) is 28.1. The lowest BCUT2D eigenvalue weighted by molar-refractivity contribution is -0.143. The van der Waals surface area contributed by atoms with E-state index >= 15 is 0 Å². The van der Waals surface area contributed by atoms with Crippen molar-refractivity contribution in [3.63, 3.8) is 0 Å². The van der Waals surface area contributed by atoms with E-state index in [2.05, 4.69) is 5.32 Å². The second kappa shape index (κ2) is 12.6. The Morgan fingerprint density at radius 2 is 1.58 bits per heavy atom. The fourth-order valence-electron chi connectivity index (χ4n) is 3.35. The Bertz CT molecular complexity index is 1010. The lowest BCUT2D eigenvalue weighted by Crippen LogP contribution is -2.45. The van der Waals surface area contributed by atoms with Gasteiger partial charge in [0, 0.05) is 24.7 Å². The van der Waals surface area contributed by atoms with Crippen LogP contribution in [0.3, 0.4) is 0 Å². The molecule has 3 aromatic carbocycles. The summed E-state index contributed by atoms with van der Waals surface area (Å²) in [5, 5.41) is 12.5. The predicted molar refractivity (Wildman–Crippen MR) is 128 cm³/mol. The summed E-state index contributed by atoms with van der Waals surface area (Å²) in [7, 11) is 0. The number of rotatable bonds is 11. The predicted octanol–water partition coefficient (Wildman–Crippen LogP) is 3.99. The number of benzene rings is 3. The highest BCUT2D eigenvalue weighted by atomic mass is 35.5. The van der Waals surface area contributed by atoms with Crippen molar-refractivity contribution in [1.29, 1.82) is 0 Å². The van der Waals surface area contributed by atoms with Gasteiger partial charge in [0.2, 0.25) is 5.91 Å². The summed E-state index contributed by atoms with van der Waals surface area (Å²) in [6.07, 6.45) is 0.426. The number of hydrogen-bond acceptors (Lipinski definition) is 4. The van der Waals surface area contributed by atoms with E-state index in [1.54, 1.807) is 24.3 Å². The van der Waals surface area contributed by atoms with Gasteiger partial charge in [0.15, 0.2) is 6.61 Å². The Morgan fingerprint density at radius 3 is 2.21 bits per heavy atom. The number of hydrogen-bond donors (Lipinski definition) is 2. The fourth-order valence-corrected chi connectivity index (χ4v) is 3.48. The largest absolute Gasteiger partial charge is 0.484 e. The van der Waals surface area contributed by atoms with Gasteiger partial charge in [-0.3, -0.25) is 9.59 Å². The summed E-state index contributed by atoms with van der Waals surface area (Å²) in [6.45, 7) is 0.253. The molecule has 172 valence electrons. The highest BCUT2D eigenvalue weighted by Gasteiger charge is 2.31. The Hall–Kier alpha value is -3.35. The number of aliphatic hydroxyl groups excluding tert-OH is 1. The molecule has 0 bridgehead atoms. The number of nitrogens with one attached hydrogen (secondary N) is 1. The van der Waals surface area contributed by atoms with Crippen molar-refractivity contribution in [3.05, 3.63) is 101 Å². The Kier molecular flexibility index (Phi) is 9.30. The number of amides is 2. The average Bonchev–Trinajstić information content (AvgIpc) is 2.85. The molecule has 3 rings (SSSR count). The van der Waals surface area contributed by atoms with Gasteiger partial charge in [-0.05, 0) is 41.8 Å². The van der Waals surface area contributed by atoms with E-state index in [4.69, 9.17) is 21.4 Å². The van der Waals surface area contributed by atoms with E-state index < -0.39 is 6.04 Å². The van der Waals surface area contributed by atoms with Crippen LogP contribution in [0.5, 0.6) is 5.75 Å². The third-order valence-electron chi connectivity index (χ3n) is 5.00. The molecule has 0 aromatic heterocycles. The molecule has 3 aromatic rings. The van der Waals surface area contributed by atoms with Crippen molar-refractivity contribution in [1.82, 2.24) is 10.2 Å². The van der Waals surface area contributed by atoms with Gasteiger partial charge in [-0.1, -0.05) is 72.3 Å². The van der Waals surface area contributed by atoms with Gasteiger partial charge >= 0.3 is 0 Å². The first kappa shape index (κ1) is 24.3. The van der Waals surface area contributed by atoms with Gasteiger partial charge < -0.3 is 20.1 Å². The van der Waals surface area contributed by atoms with Crippen LogP contribution in [0, 0.1) is 0 Å². The van der Waals surface area contributed by atoms with Crippen LogP contribution in [0.1, 0.15) is 23.6 Å². The van der Waals surface area contributed by atoms with Gasteiger partial charge in [0.25, 0.3) is 5.91 Å². The molecule has 6 nitrogen and oxygen atoms in total. The molecule has 2 N–H and O–H groups in total. The van der Waals surface area contributed by atoms with Crippen molar-refractivity contribution < 1.29 is 19.4 Å².